The van der Waals surface area contributed by atoms with Gasteiger partial charge in [-0.1, -0.05) is 22.4 Å². The molecule has 3 rings (SSSR count). The average Bonchev–Trinajstić information content (AvgIpc) is 2.98. The number of hydrogen-bond donors (Lipinski definition) is 0. The smallest absolute Gasteiger partial charge is 0.167 e. The molecule has 2 heterocycles. The van der Waals surface area contributed by atoms with Gasteiger partial charge in [0.25, 0.3) is 0 Å². The second kappa shape index (κ2) is 5.09. The Bertz CT molecular complexity index is 710. The largest absolute Gasteiger partial charge is 0.361 e. The van der Waals surface area contributed by atoms with Gasteiger partial charge in [-0.25, -0.2) is 0 Å². The second-order valence-electron chi connectivity index (χ2n) is 5.10. The first-order chi connectivity index (χ1) is 9.65. The molecule has 20 heavy (non-hydrogen) atoms. The van der Waals surface area contributed by atoms with Crippen molar-refractivity contribution in [2.45, 2.75) is 26.9 Å². The molecule has 5 heteroatoms. The standard InChI is InChI=1S/C15H17N3O2/c1-10-13(11(2)19-16-10)8-18(3)9-14-12-6-4-5-7-15(12)20-17-14/h4-7H,8-9H2,1-3H3. The highest BCUT2D eigenvalue weighted by Gasteiger charge is 2.14. The third-order valence-electron chi connectivity index (χ3n) is 3.48. The van der Waals surface area contributed by atoms with E-state index in [9.17, 15) is 0 Å². The Morgan fingerprint density at radius 3 is 2.60 bits per heavy atom. The summed E-state index contributed by atoms with van der Waals surface area (Å²) >= 11 is 0. The Hall–Kier alpha value is -2.14. The quantitative estimate of drug-likeness (QED) is 0.730. The maximum Gasteiger partial charge on any atom is 0.167 e. The summed E-state index contributed by atoms with van der Waals surface area (Å²) in [5, 5.41) is 9.20. The number of para-hydroxylation sites is 1. The Morgan fingerprint density at radius 2 is 1.85 bits per heavy atom. The maximum absolute atomic E-state index is 5.33. The van der Waals surface area contributed by atoms with Crippen LogP contribution < -0.4 is 0 Å². The molecule has 0 radical (unpaired) electrons. The van der Waals surface area contributed by atoms with Gasteiger partial charge in [0.2, 0.25) is 0 Å². The van der Waals surface area contributed by atoms with E-state index in [0.29, 0.717) is 0 Å². The third-order valence-corrected chi connectivity index (χ3v) is 3.48. The first kappa shape index (κ1) is 12.9. The summed E-state index contributed by atoms with van der Waals surface area (Å²) in [4.78, 5) is 2.18. The van der Waals surface area contributed by atoms with Crippen molar-refractivity contribution in [3.63, 3.8) is 0 Å². The molecule has 0 bridgehead atoms. The fourth-order valence-electron chi connectivity index (χ4n) is 2.36. The van der Waals surface area contributed by atoms with Gasteiger partial charge in [-0.2, -0.15) is 0 Å². The molecule has 0 aliphatic heterocycles. The number of benzene rings is 1. The van der Waals surface area contributed by atoms with E-state index >= 15 is 0 Å². The average molecular weight is 271 g/mol. The summed E-state index contributed by atoms with van der Waals surface area (Å²) in [7, 11) is 2.05. The van der Waals surface area contributed by atoms with Crippen molar-refractivity contribution in [1.82, 2.24) is 15.2 Å². The van der Waals surface area contributed by atoms with Crippen LogP contribution >= 0.6 is 0 Å². The van der Waals surface area contributed by atoms with Crippen molar-refractivity contribution in [3.05, 3.63) is 47.0 Å². The lowest BCUT2D eigenvalue weighted by atomic mass is 10.1. The van der Waals surface area contributed by atoms with Crippen LogP contribution in [0, 0.1) is 13.8 Å². The minimum absolute atomic E-state index is 0.723. The van der Waals surface area contributed by atoms with E-state index in [1.165, 1.54) is 0 Å². The van der Waals surface area contributed by atoms with Gasteiger partial charge in [0, 0.05) is 24.0 Å². The lowest BCUT2D eigenvalue weighted by molar-refractivity contribution is 0.303. The fourth-order valence-corrected chi connectivity index (χ4v) is 2.36. The zero-order chi connectivity index (χ0) is 14.1. The van der Waals surface area contributed by atoms with Gasteiger partial charge in [-0.15, -0.1) is 0 Å². The first-order valence-electron chi connectivity index (χ1n) is 6.58. The summed E-state index contributed by atoms with van der Waals surface area (Å²) in [5.41, 5.74) is 3.86. The van der Waals surface area contributed by atoms with Gasteiger partial charge in [0.05, 0.1) is 5.69 Å². The molecule has 0 aliphatic carbocycles. The number of hydrogen-bond acceptors (Lipinski definition) is 5. The molecule has 5 nitrogen and oxygen atoms in total. The van der Waals surface area contributed by atoms with E-state index < -0.39 is 0 Å². The molecular formula is C15H17N3O2. The highest BCUT2D eigenvalue weighted by atomic mass is 16.5. The molecule has 0 spiro atoms. The van der Waals surface area contributed by atoms with E-state index in [1.54, 1.807) is 0 Å². The van der Waals surface area contributed by atoms with Crippen LogP contribution in [0.4, 0.5) is 0 Å². The number of nitrogens with zero attached hydrogens (tertiary/aromatic N) is 3. The van der Waals surface area contributed by atoms with Crippen LogP contribution in [0.3, 0.4) is 0 Å². The van der Waals surface area contributed by atoms with Gasteiger partial charge in [-0.05, 0) is 33.0 Å². The van der Waals surface area contributed by atoms with Crippen LogP contribution in [0.15, 0.2) is 33.3 Å². The van der Waals surface area contributed by atoms with Crippen LogP contribution in [-0.4, -0.2) is 22.3 Å². The van der Waals surface area contributed by atoms with Gasteiger partial charge < -0.3 is 9.05 Å². The Balaban J connectivity index is 1.78. The zero-order valence-electron chi connectivity index (χ0n) is 11.9. The summed E-state index contributed by atoms with van der Waals surface area (Å²) in [6, 6.07) is 7.91. The highest BCUT2D eigenvalue weighted by Crippen LogP contribution is 2.20. The lowest BCUT2D eigenvalue weighted by Gasteiger charge is -2.14. The van der Waals surface area contributed by atoms with Crippen molar-refractivity contribution >= 4 is 11.0 Å². The molecule has 3 aromatic rings. The van der Waals surface area contributed by atoms with Crippen molar-refractivity contribution in [2.24, 2.45) is 0 Å². The minimum Gasteiger partial charge on any atom is -0.361 e. The number of aryl methyl sites for hydroxylation is 2. The molecule has 104 valence electrons. The van der Waals surface area contributed by atoms with E-state index in [0.717, 1.165) is 46.8 Å². The summed E-state index contributed by atoms with van der Waals surface area (Å²) in [6.07, 6.45) is 0. The van der Waals surface area contributed by atoms with Crippen LogP contribution in [-0.2, 0) is 13.1 Å². The first-order valence-corrected chi connectivity index (χ1v) is 6.58. The molecule has 0 amide bonds. The van der Waals surface area contributed by atoms with E-state index in [2.05, 4.69) is 22.3 Å². The molecule has 0 aliphatic rings. The van der Waals surface area contributed by atoms with Crippen molar-refractivity contribution in [1.29, 1.82) is 0 Å². The van der Waals surface area contributed by atoms with Crippen molar-refractivity contribution in [2.75, 3.05) is 7.05 Å². The van der Waals surface area contributed by atoms with Crippen LogP contribution in [0.1, 0.15) is 22.7 Å². The van der Waals surface area contributed by atoms with Crippen LogP contribution in [0.5, 0.6) is 0 Å². The molecule has 0 fully saturated rings. The van der Waals surface area contributed by atoms with Crippen molar-refractivity contribution in [3.8, 4) is 0 Å². The van der Waals surface area contributed by atoms with Crippen LogP contribution in [0.25, 0.3) is 11.0 Å². The van der Waals surface area contributed by atoms with E-state index in [4.69, 9.17) is 9.05 Å². The molecule has 0 saturated carbocycles. The fraction of sp³-hybridized carbons (Fsp3) is 0.333. The molecule has 0 unspecified atom stereocenters. The Labute approximate surface area is 117 Å². The third kappa shape index (κ3) is 2.32. The number of rotatable bonds is 4. The predicted octanol–water partition coefficient (Wildman–Crippen LogP) is 3.06. The molecule has 0 saturated heterocycles. The lowest BCUT2D eigenvalue weighted by Crippen LogP contribution is -2.18. The maximum atomic E-state index is 5.33. The van der Waals surface area contributed by atoms with Gasteiger partial charge in [-0.3, -0.25) is 4.90 Å². The van der Waals surface area contributed by atoms with Gasteiger partial charge in [0.15, 0.2) is 5.58 Å². The van der Waals surface area contributed by atoms with Gasteiger partial charge >= 0.3 is 0 Å². The second-order valence-corrected chi connectivity index (χ2v) is 5.10. The van der Waals surface area contributed by atoms with Gasteiger partial charge in [0.1, 0.15) is 11.5 Å². The zero-order valence-corrected chi connectivity index (χ0v) is 11.9. The summed E-state index contributed by atoms with van der Waals surface area (Å²) < 4.78 is 10.5. The molecule has 0 N–H and O–H groups in total. The summed E-state index contributed by atoms with van der Waals surface area (Å²) in [6.45, 7) is 5.41. The monoisotopic (exact) mass is 271 g/mol. The number of fused-ring (bicyclic) bond motifs is 1. The Kier molecular flexibility index (Phi) is 3.28. The molecule has 1 aromatic carbocycles. The summed E-state index contributed by atoms with van der Waals surface area (Å²) in [5.74, 6) is 0.874. The molecule has 0 atom stereocenters. The van der Waals surface area contributed by atoms with E-state index in [1.807, 2.05) is 38.1 Å². The molecule has 2 aromatic heterocycles. The minimum atomic E-state index is 0.723. The predicted molar refractivity (Wildman–Crippen MR) is 75.2 cm³/mol. The normalized spacial score (nSPS) is 11.6. The van der Waals surface area contributed by atoms with Crippen LogP contribution in [0.2, 0.25) is 0 Å². The Morgan fingerprint density at radius 1 is 1.05 bits per heavy atom. The number of aromatic nitrogens is 2. The van der Waals surface area contributed by atoms with Crippen molar-refractivity contribution < 1.29 is 9.05 Å². The topological polar surface area (TPSA) is 55.3 Å². The van der Waals surface area contributed by atoms with E-state index in [-0.39, 0.29) is 0 Å². The SMILES string of the molecule is Cc1noc(C)c1CN(C)Cc1noc2ccccc12. The highest BCUT2D eigenvalue weighted by molar-refractivity contribution is 5.79. The molecular weight excluding hydrogens is 254 g/mol.